The van der Waals surface area contributed by atoms with E-state index < -0.39 is 0 Å². The van der Waals surface area contributed by atoms with E-state index >= 15 is 0 Å². The summed E-state index contributed by atoms with van der Waals surface area (Å²) in [5.74, 6) is 1.03. The second kappa shape index (κ2) is 7.53. The van der Waals surface area contributed by atoms with Crippen LogP contribution in [0.25, 0.3) is 0 Å². The lowest BCUT2D eigenvalue weighted by Gasteiger charge is -2.28. The first-order valence-corrected chi connectivity index (χ1v) is 6.42. The van der Waals surface area contributed by atoms with Crippen LogP contribution >= 0.6 is 0 Å². The van der Waals surface area contributed by atoms with Gasteiger partial charge in [0.15, 0.2) is 0 Å². The van der Waals surface area contributed by atoms with Gasteiger partial charge in [-0.15, -0.1) is 0 Å². The van der Waals surface area contributed by atoms with E-state index in [0.29, 0.717) is 11.8 Å². The summed E-state index contributed by atoms with van der Waals surface area (Å²) in [5, 5.41) is 3.03. The molecule has 0 heterocycles. The lowest BCUT2D eigenvalue weighted by Crippen LogP contribution is -2.46. The van der Waals surface area contributed by atoms with Gasteiger partial charge in [-0.3, -0.25) is 0 Å². The predicted molar refractivity (Wildman–Crippen MR) is 69.5 cm³/mol. The second-order valence-electron chi connectivity index (χ2n) is 5.45. The molecule has 0 aliphatic rings. The number of hydrogen-bond acceptors (Lipinski definition) is 1. The normalized spacial score (nSPS) is 13.0. The van der Waals surface area contributed by atoms with Gasteiger partial charge in [0.05, 0.1) is 0 Å². The van der Waals surface area contributed by atoms with Gasteiger partial charge in [0.25, 0.3) is 0 Å². The molecule has 0 saturated carbocycles. The Morgan fingerprint density at radius 2 is 1.50 bits per heavy atom. The number of amides is 2. The molecule has 1 N–H and O–H groups in total. The lowest BCUT2D eigenvalue weighted by atomic mass is 10.1. The first kappa shape index (κ1) is 15.3. The van der Waals surface area contributed by atoms with Gasteiger partial charge in [-0.05, 0) is 25.2 Å². The summed E-state index contributed by atoms with van der Waals surface area (Å²) in [6.45, 7) is 14.4. The Bertz CT molecular complexity index is 192. The van der Waals surface area contributed by atoms with E-state index in [1.54, 1.807) is 0 Å². The molecule has 0 bridgehead atoms. The summed E-state index contributed by atoms with van der Waals surface area (Å²) < 4.78 is 0. The average molecular weight is 228 g/mol. The van der Waals surface area contributed by atoms with Gasteiger partial charge < -0.3 is 10.2 Å². The molecule has 0 aromatic rings. The minimum absolute atomic E-state index is 0.0803. The molecule has 2 amide bonds. The lowest BCUT2D eigenvalue weighted by molar-refractivity contribution is 0.180. The highest BCUT2D eigenvalue weighted by molar-refractivity contribution is 5.74. The number of urea groups is 1. The average Bonchev–Trinajstić information content (AvgIpc) is 2.15. The molecule has 0 radical (unpaired) electrons. The van der Waals surface area contributed by atoms with Gasteiger partial charge in [0.1, 0.15) is 0 Å². The van der Waals surface area contributed by atoms with E-state index in [2.05, 4.69) is 39.9 Å². The fraction of sp³-hybridized carbons (Fsp3) is 0.923. The summed E-state index contributed by atoms with van der Waals surface area (Å²) in [5.41, 5.74) is 0. The Hall–Kier alpha value is -0.730. The number of nitrogens with zero attached hydrogens (tertiary/aromatic N) is 1. The van der Waals surface area contributed by atoms with Gasteiger partial charge in [0, 0.05) is 19.1 Å². The molecule has 0 saturated heterocycles. The zero-order valence-corrected chi connectivity index (χ0v) is 11.7. The number of carbonyl (C=O) groups excluding carboxylic acids is 1. The van der Waals surface area contributed by atoms with Crippen LogP contribution in [0.2, 0.25) is 0 Å². The van der Waals surface area contributed by atoms with Crippen molar-refractivity contribution in [1.82, 2.24) is 10.2 Å². The maximum Gasteiger partial charge on any atom is 0.317 e. The Kier molecular flexibility index (Phi) is 7.18. The van der Waals surface area contributed by atoms with Gasteiger partial charge in [-0.25, -0.2) is 4.79 Å². The van der Waals surface area contributed by atoms with E-state index in [4.69, 9.17) is 0 Å². The topological polar surface area (TPSA) is 32.3 Å². The predicted octanol–water partition coefficient (Wildman–Crippen LogP) is 3.11. The van der Waals surface area contributed by atoms with Crippen molar-refractivity contribution < 1.29 is 4.79 Å². The van der Waals surface area contributed by atoms with E-state index in [1.165, 1.54) is 0 Å². The molecule has 16 heavy (non-hydrogen) atoms. The van der Waals surface area contributed by atoms with Crippen LogP contribution in [0, 0.1) is 11.8 Å². The summed E-state index contributed by atoms with van der Waals surface area (Å²) >= 11 is 0. The second-order valence-corrected chi connectivity index (χ2v) is 5.45. The highest BCUT2D eigenvalue weighted by atomic mass is 16.2. The monoisotopic (exact) mass is 228 g/mol. The Balaban J connectivity index is 4.31. The van der Waals surface area contributed by atoms with Crippen molar-refractivity contribution in [3.8, 4) is 0 Å². The maximum atomic E-state index is 12.0. The molecule has 0 aromatic carbocycles. The summed E-state index contributed by atoms with van der Waals surface area (Å²) in [4.78, 5) is 13.9. The van der Waals surface area contributed by atoms with Crippen molar-refractivity contribution in [2.75, 3.05) is 13.1 Å². The molecule has 1 unspecified atom stereocenters. The highest BCUT2D eigenvalue weighted by Gasteiger charge is 2.17. The van der Waals surface area contributed by atoms with E-state index in [-0.39, 0.29) is 12.1 Å². The van der Waals surface area contributed by atoms with Crippen LogP contribution in [0.3, 0.4) is 0 Å². The van der Waals surface area contributed by atoms with Gasteiger partial charge in [-0.1, -0.05) is 34.6 Å². The van der Waals surface area contributed by atoms with Crippen molar-refractivity contribution in [2.45, 2.75) is 54.0 Å². The third kappa shape index (κ3) is 6.70. The van der Waals surface area contributed by atoms with Crippen LogP contribution < -0.4 is 5.32 Å². The van der Waals surface area contributed by atoms with Crippen LogP contribution in [0.4, 0.5) is 4.79 Å². The summed E-state index contributed by atoms with van der Waals surface area (Å²) in [6, 6.07) is 0.339. The Morgan fingerprint density at radius 3 is 1.81 bits per heavy atom. The fourth-order valence-electron chi connectivity index (χ4n) is 1.53. The first-order chi connectivity index (χ1) is 7.36. The molecule has 0 aromatic heterocycles. The molecule has 1 atom stereocenters. The fourth-order valence-corrected chi connectivity index (χ4v) is 1.53. The van der Waals surface area contributed by atoms with Crippen molar-refractivity contribution in [3.05, 3.63) is 0 Å². The molecule has 0 spiro atoms. The molecule has 0 fully saturated rings. The van der Waals surface area contributed by atoms with Crippen molar-refractivity contribution in [3.63, 3.8) is 0 Å². The molecule has 0 aliphatic heterocycles. The van der Waals surface area contributed by atoms with Crippen molar-refractivity contribution in [1.29, 1.82) is 0 Å². The Labute approximate surface area is 101 Å². The third-order valence-electron chi connectivity index (χ3n) is 2.44. The SMILES string of the molecule is CCC(C)NC(=O)N(CC(C)C)CC(C)C. The van der Waals surface area contributed by atoms with Crippen LogP contribution in [0.1, 0.15) is 48.0 Å². The molecule has 96 valence electrons. The number of rotatable bonds is 6. The van der Waals surface area contributed by atoms with Crippen molar-refractivity contribution in [2.24, 2.45) is 11.8 Å². The molecular formula is C13H28N2O. The van der Waals surface area contributed by atoms with Crippen LogP contribution in [-0.2, 0) is 0 Å². The van der Waals surface area contributed by atoms with Gasteiger partial charge in [0.2, 0.25) is 0 Å². The Morgan fingerprint density at radius 1 is 1.06 bits per heavy atom. The van der Waals surface area contributed by atoms with Crippen LogP contribution in [0.15, 0.2) is 0 Å². The number of nitrogens with one attached hydrogen (secondary N) is 1. The quantitative estimate of drug-likeness (QED) is 0.744. The van der Waals surface area contributed by atoms with Crippen LogP contribution in [0.5, 0.6) is 0 Å². The third-order valence-corrected chi connectivity index (χ3v) is 2.44. The van der Waals surface area contributed by atoms with Crippen molar-refractivity contribution >= 4 is 6.03 Å². The van der Waals surface area contributed by atoms with E-state index in [0.717, 1.165) is 19.5 Å². The highest BCUT2D eigenvalue weighted by Crippen LogP contribution is 2.05. The molecular weight excluding hydrogens is 200 g/mol. The number of carbonyl (C=O) groups is 1. The minimum atomic E-state index is 0.0803. The van der Waals surface area contributed by atoms with Gasteiger partial charge >= 0.3 is 6.03 Å². The minimum Gasteiger partial charge on any atom is -0.336 e. The number of hydrogen-bond donors (Lipinski definition) is 1. The summed E-state index contributed by atoms with van der Waals surface area (Å²) in [7, 11) is 0. The maximum absolute atomic E-state index is 12.0. The molecule has 3 heteroatoms. The molecule has 0 aliphatic carbocycles. The largest absolute Gasteiger partial charge is 0.336 e. The summed E-state index contributed by atoms with van der Waals surface area (Å²) in [6.07, 6.45) is 0.975. The van der Waals surface area contributed by atoms with E-state index in [9.17, 15) is 4.79 Å². The smallest absolute Gasteiger partial charge is 0.317 e. The van der Waals surface area contributed by atoms with Gasteiger partial charge in [-0.2, -0.15) is 0 Å². The zero-order valence-electron chi connectivity index (χ0n) is 11.7. The standard InChI is InChI=1S/C13H28N2O/c1-7-12(6)14-13(16)15(8-10(2)3)9-11(4)5/h10-12H,7-9H2,1-6H3,(H,14,16). The molecule has 0 rings (SSSR count). The molecule has 3 nitrogen and oxygen atoms in total. The zero-order chi connectivity index (χ0) is 12.7. The first-order valence-electron chi connectivity index (χ1n) is 6.42. The van der Waals surface area contributed by atoms with E-state index in [1.807, 2.05) is 11.8 Å². The van der Waals surface area contributed by atoms with Crippen LogP contribution in [-0.4, -0.2) is 30.1 Å².